The van der Waals surface area contributed by atoms with Crippen LogP contribution in [0.2, 0.25) is 0 Å². The van der Waals surface area contributed by atoms with Crippen molar-refractivity contribution >= 4 is 0 Å². The van der Waals surface area contributed by atoms with Crippen molar-refractivity contribution in [1.29, 1.82) is 0 Å². The summed E-state index contributed by atoms with van der Waals surface area (Å²) >= 11 is 0. The first kappa shape index (κ1) is 13.9. The van der Waals surface area contributed by atoms with Crippen molar-refractivity contribution in [2.45, 2.75) is 52.2 Å². The van der Waals surface area contributed by atoms with Crippen molar-refractivity contribution in [3.8, 4) is 0 Å². The smallest absolute Gasteiger partial charge is 0.0674 e. The molecule has 0 aromatic heterocycles. The summed E-state index contributed by atoms with van der Waals surface area (Å²) in [6, 6.07) is 0.626. The zero-order valence-electron chi connectivity index (χ0n) is 11.2. The van der Waals surface area contributed by atoms with Crippen molar-refractivity contribution in [1.82, 2.24) is 10.2 Å². The molecule has 0 aromatic rings. The normalized spacial score (nSPS) is 25.3. The fraction of sp³-hybridized carbons (Fsp3) is 1.00. The predicted octanol–water partition coefficient (Wildman–Crippen LogP) is 1.88. The highest BCUT2D eigenvalue weighted by Gasteiger charge is 2.19. The highest BCUT2D eigenvalue weighted by atomic mass is 16.5. The molecule has 1 saturated heterocycles. The van der Waals surface area contributed by atoms with Gasteiger partial charge in [-0.05, 0) is 33.2 Å². The molecule has 0 bridgehead atoms. The molecule has 0 aliphatic carbocycles. The maximum atomic E-state index is 5.66. The van der Waals surface area contributed by atoms with E-state index in [4.69, 9.17) is 4.74 Å². The molecule has 2 unspecified atom stereocenters. The molecule has 96 valence electrons. The molecular weight excluding hydrogens is 200 g/mol. The average Bonchev–Trinajstić information content (AvgIpc) is 2.49. The van der Waals surface area contributed by atoms with Gasteiger partial charge in [0, 0.05) is 32.3 Å². The zero-order chi connectivity index (χ0) is 11.8. The van der Waals surface area contributed by atoms with Crippen LogP contribution in [0, 0.1) is 0 Å². The number of rotatable bonds is 6. The summed E-state index contributed by atoms with van der Waals surface area (Å²) in [5.74, 6) is 0. The molecule has 0 amide bonds. The monoisotopic (exact) mass is 228 g/mol. The van der Waals surface area contributed by atoms with Crippen LogP contribution in [0.5, 0.6) is 0 Å². The Hall–Kier alpha value is -0.120. The number of hydrogen-bond donors (Lipinski definition) is 1. The number of hydrogen-bond acceptors (Lipinski definition) is 3. The minimum atomic E-state index is 0.389. The van der Waals surface area contributed by atoms with Gasteiger partial charge in [-0.2, -0.15) is 0 Å². The predicted molar refractivity (Wildman–Crippen MR) is 68.8 cm³/mol. The second-order valence-electron chi connectivity index (χ2n) is 4.94. The molecule has 1 rings (SSSR count). The minimum absolute atomic E-state index is 0.389. The van der Waals surface area contributed by atoms with Crippen molar-refractivity contribution in [3.63, 3.8) is 0 Å². The topological polar surface area (TPSA) is 24.5 Å². The molecule has 1 fully saturated rings. The standard InChI is InChI=1S/C13H28N2O/c1-4-5-7-14-10-12(2)15-8-6-9-16-13(3)11-15/h12-14H,4-11H2,1-3H3. The first-order valence-corrected chi connectivity index (χ1v) is 6.80. The van der Waals surface area contributed by atoms with Gasteiger partial charge in [-0.3, -0.25) is 4.90 Å². The van der Waals surface area contributed by atoms with Crippen molar-refractivity contribution in [2.75, 3.05) is 32.8 Å². The van der Waals surface area contributed by atoms with E-state index in [2.05, 4.69) is 31.0 Å². The van der Waals surface area contributed by atoms with E-state index in [1.807, 2.05) is 0 Å². The van der Waals surface area contributed by atoms with E-state index < -0.39 is 0 Å². The molecule has 1 aliphatic rings. The summed E-state index contributed by atoms with van der Waals surface area (Å²) in [6.07, 6.45) is 4.12. The van der Waals surface area contributed by atoms with E-state index in [1.54, 1.807) is 0 Å². The van der Waals surface area contributed by atoms with Gasteiger partial charge < -0.3 is 10.1 Å². The van der Waals surface area contributed by atoms with Gasteiger partial charge >= 0.3 is 0 Å². The van der Waals surface area contributed by atoms with Crippen LogP contribution in [0.4, 0.5) is 0 Å². The number of ether oxygens (including phenoxy) is 1. The quantitative estimate of drug-likeness (QED) is 0.703. The molecule has 0 saturated carbocycles. The molecule has 1 aliphatic heterocycles. The van der Waals surface area contributed by atoms with Gasteiger partial charge in [-0.15, -0.1) is 0 Å². The van der Waals surface area contributed by atoms with Gasteiger partial charge in [0.25, 0.3) is 0 Å². The molecule has 0 radical (unpaired) electrons. The lowest BCUT2D eigenvalue weighted by molar-refractivity contribution is 0.0620. The van der Waals surface area contributed by atoms with E-state index >= 15 is 0 Å². The van der Waals surface area contributed by atoms with E-state index in [-0.39, 0.29) is 0 Å². The molecule has 16 heavy (non-hydrogen) atoms. The fourth-order valence-corrected chi connectivity index (χ4v) is 2.17. The van der Waals surface area contributed by atoms with Crippen LogP contribution in [0.15, 0.2) is 0 Å². The Labute approximate surface area is 101 Å². The van der Waals surface area contributed by atoms with Gasteiger partial charge in [0.1, 0.15) is 0 Å². The Morgan fingerprint density at radius 3 is 3.06 bits per heavy atom. The highest BCUT2D eigenvalue weighted by Crippen LogP contribution is 2.08. The third-order valence-corrected chi connectivity index (χ3v) is 3.25. The molecule has 1 N–H and O–H groups in total. The average molecular weight is 228 g/mol. The van der Waals surface area contributed by atoms with E-state index in [1.165, 1.54) is 25.8 Å². The fourth-order valence-electron chi connectivity index (χ4n) is 2.17. The van der Waals surface area contributed by atoms with Gasteiger partial charge in [0.2, 0.25) is 0 Å². The largest absolute Gasteiger partial charge is 0.377 e. The number of nitrogens with zero attached hydrogens (tertiary/aromatic N) is 1. The van der Waals surface area contributed by atoms with Gasteiger partial charge in [-0.25, -0.2) is 0 Å². The van der Waals surface area contributed by atoms with Gasteiger partial charge in [0.15, 0.2) is 0 Å². The molecule has 3 nitrogen and oxygen atoms in total. The Morgan fingerprint density at radius 1 is 1.50 bits per heavy atom. The lowest BCUT2D eigenvalue weighted by Gasteiger charge is -2.28. The van der Waals surface area contributed by atoms with Crippen molar-refractivity contribution in [2.24, 2.45) is 0 Å². The van der Waals surface area contributed by atoms with Crippen LogP contribution in [0.25, 0.3) is 0 Å². The molecule has 0 aromatic carbocycles. The van der Waals surface area contributed by atoms with Crippen LogP contribution >= 0.6 is 0 Å². The summed E-state index contributed by atoms with van der Waals surface area (Å²) in [7, 11) is 0. The van der Waals surface area contributed by atoms with Crippen molar-refractivity contribution < 1.29 is 4.74 Å². The first-order chi connectivity index (χ1) is 7.74. The minimum Gasteiger partial charge on any atom is -0.377 e. The Morgan fingerprint density at radius 2 is 2.31 bits per heavy atom. The Kier molecular flexibility index (Phi) is 7.01. The van der Waals surface area contributed by atoms with E-state index in [0.29, 0.717) is 12.1 Å². The van der Waals surface area contributed by atoms with Crippen LogP contribution in [-0.4, -0.2) is 49.8 Å². The SMILES string of the molecule is CCCCNCC(C)N1CCCOC(C)C1. The van der Waals surface area contributed by atoms with Crippen LogP contribution in [-0.2, 0) is 4.74 Å². The lowest BCUT2D eigenvalue weighted by atomic mass is 10.2. The summed E-state index contributed by atoms with van der Waals surface area (Å²) in [6.45, 7) is 12.2. The maximum Gasteiger partial charge on any atom is 0.0674 e. The first-order valence-electron chi connectivity index (χ1n) is 6.80. The Balaban J connectivity index is 2.20. The maximum absolute atomic E-state index is 5.66. The van der Waals surface area contributed by atoms with Gasteiger partial charge in [0.05, 0.1) is 6.10 Å². The zero-order valence-corrected chi connectivity index (χ0v) is 11.2. The third kappa shape index (κ3) is 5.28. The molecule has 3 heteroatoms. The molecule has 1 heterocycles. The van der Waals surface area contributed by atoms with Crippen LogP contribution in [0.1, 0.15) is 40.0 Å². The van der Waals surface area contributed by atoms with E-state index in [9.17, 15) is 0 Å². The lowest BCUT2D eigenvalue weighted by Crippen LogP contribution is -2.43. The number of unbranched alkanes of at least 4 members (excludes halogenated alkanes) is 1. The second kappa shape index (κ2) is 8.04. The van der Waals surface area contributed by atoms with Crippen LogP contribution in [0.3, 0.4) is 0 Å². The summed E-state index contributed by atoms with van der Waals surface area (Å²) in [5, 5.41) is 3.54. The Bertz CT molecular complexity index is 175. The highest BCUT2D eigenvalue weighted by molar-refractivity contribution is 4.74. The summed E-state index contributed by atoms with van der Waals surface area (Å²) < 4.78 is 5.66. The number of nitrogens with one attached hydrogen (secondary N) is 1. The summed E-state index contributed by atoms with van der Waals surface area (Å²) in [5.41, 5.74) is 0. The molecular formula is C13H28N2O. The van der Waals surface area contributed by atoms with Gasteiger partial charge in [-0.1, -0.05) is 13.3 Å². The second-order valence-corrected chi connectivity index (χ2v) is 4.94. The summed E-state index contributed by atoms with van der Waals surface area (Å²) in [4.78, 5) is 2.55. The third-order valence-electron chi connectivity index (χ3n) is 3.25. The van der Waals surface area contributed by atoms with Crippen LogP contribution < -0.4 is 5.32 Å². The molecule has 2 atom stereocenters. The van der Waals surface area contributed by atoms with E-state index in [0.717, 1.165) is 26.2 Å². The molecule has 0 spiro atoms. The van der Waals surface area contributed by atoms with Crippen molar-refractivity contribution in [3.05, 3.63) is 0 Å².